The number of piperidine rings is 1. The Kier molecular flexibility index (Phi) is 3.83. The maximum atomic E-state index is 10.3. The highest BCUT2D eigenvalue weighted by Crippen LogP contribution is 2.62. The van der Waals surface area contributed by atoms with Crippen LogP contribution in [-0.2, 0) is 5.41 Å². The van der Waals surface area contributed by atoms with E-state index in [-0.39, 0.29) is 29.4 Å². The van der Waals surface area contributed by atoms with Crippen LogP contribution in [0.4, 0.5) is 5.69 Å². The average molecular weight is 438 g/mol. The Morgan fingerprint density at radius 1 is 1.38 bits per heavy atom. The topological polar surface area (TPSA) is 32.3 Å². The fourth-order valence-electron chi connectivity index (χ4n) is 6.76. The van der Waals surface area contributed by atoms with E-state index >= 15 is 0 Å². The van der Waals surface area contributed by atoms with E-state index in [1.165, 1.54) is 41.7 Å². The lowest BCUT2D eigenvalue weighted by atomic mass is 9.55. The molecule has 2 bridgehead atoms. The number of benzene rings is 1. The molecule has 2 saturated heterocycles. The molecule has 3 heterocycles. The minimum atomic E-state index is 0. The van der Waals surface area contributed by atoms with E-state index in [0.29, 0.717) is 30.5 Å². The molecule has 2 N–H and O–H groups in total. The molecule has 3 nitrogen and oxygen atoms in total. The van der Waals surface area contributed by atoms with E-state index in [4.69, 9.17) is 0 Å². The Bertz CT molecular complexity index is 705. The summed E-state index contributed by atoms with van der Waals surface area (Å²) < 4.78 is 1.20. The van der Waals surface area contributed by atoms with Crippen LogP contribution >= 0.6 is 0 Å². The molecule has 24 heavy (non-hydrogen) atoms. The number of nitrogens with one attached hydrogen (secondary N) is 1. The number of anilines is 1. The Hall–Kier alpha value is -0.590. The predicted molar refractivity (Wildman–Crippen MR) is 92.3 cm³/mol. The van der Waals surface area contributed by atoms with Crippen molar-refractivity contribution in [2.45, 2.75) is 37.3 Å². The van der Waals surface area contributed by atoms with E-state index < -0.39 is 0 Å². The van der Waals surface area contributed by atoms with Crippen molar-refractivity contribution in [3.05, 3.63) is 41.5 Å². The van der Waals surface area contributed by atoms with Crippen LogP contribution in [0.25, 0.3) is 0 Å². The fourth-order valence-corrected chi connectivity index (χ4v) is 6.76. The molecule has 1 saturated carbocycles. The molecule has 4 aliphatic rings. The van der Waals surface area contributed by atoms with Gasteiger partial charge < -0.3 is 38.9 Å². The molecular formula is C20H27IN2O. The van der Waals surface area contributed by atoms with Gasteiger partial charge in [-0.1, -0.05) is 24.3 Å². The van der Waals surface area contributed by atoms with Crippen LogP contribution < -0.4 is 29.3 Å². The van der Waals surface area contributed by atoms with E-state index in [9.17, 15) is 5.11 Å². The highest BCUT2D eigenvalue weighted by molar-refractivity contribution is 5.64. The van der Waals surface area contributed by atoms with Gasteiger partial charge in [0.1, 0.15) is 12.6 Å². The predicted octanol–water partition coefficient (Wildman–Crippen LogP) is -0.470. The van der Waals surface area contributed by atoms with Crippen molar-refractivity contribution >= 4 is 5.69 Å². The van der Waals surface area contributed by atoms with Crippen molar-refractivity contribution in [3.63, 3.8) is 0 Å². The molecule has 0 aromatic heterocycles. The quantitative estimate of drug-likeness (QED) is 0.353. The smallest absolute Gasteiger partial charge is 0.102 e. The summed E-state index contributed by atoms with van der Waals surface area (Å²) in [6.07, 6.45) is 4.83. The minimum Gasteiger partial charge on any atom is -1.00 e. The van der Waals surface area contributed by atoms with Gasteiger partial charge in [0, 0.05) is 37.1 Å². The number of quaternary nitrogens is 1. The number of likely N-dealkylation sites (N-methyl/N-ethyl adjacent to an activating group) is 1. The van der Waals surface area contributed by atoms with Gasteiger partial charge in [-0.05, 0) is 30.0 Å². The number of nitrogens with zero attached hydrogens (tertiary/aromatic N) is 1. The lowest BCUT2D eigenvalue weighted by molar-refractivity contribution is -0.925. The molecule has 1 aromatic carbocycles. The number of aliphatic hydroxyl groups excluding tert-OH is 1. The van der Waals surface area contributed by atoms with Crippen LogP contribution in [0.2, 0.25) is 0 Å². The Labute approximate surface area is 161 Å². The number of para-hydroxylation sites is 1. The largest absolute Gasteiger partial charge is 1.00 e. The summed E-state index contributed by atoms with van der Waals surface area (Å²) in [5, 5.41) is 14.1. The summed E-state index contributed by atoms with van der Waals surface area (Å²) in [7, 11) is 2.47. The first-order valence-electron chi connectivity index (χ1n) is 9.10. The molecule has 3 aliphatic heterocycles. The second kappa shape index (κ2) is 5.45. The molecule has 1 aliphatic carbocycles. The van der Waals surface area contributed by atoms with Gasteiger partial charge in [-0.2, -0.15) is 0 Å². The zero-order chi connectivity index (χ0) is 15.8. The van der Waals surface area contributed by atoms with Gasteiger partial charge in [-0.25, -0.2) is 0 Å². The molecule has 0 amide bonds. The molecular weight excluding hydrogens is 411 g/mol. The summed E-state index contributed by atoms with van der Waals surface area (Å²) in [4.78, 5) is 0. The first-order valence-corrected chi connectivity index (χ1v) is 9.10. The fraction of sp³-hybridized carbons (Fsp3) is 0.600. The maximum absolute atomic E-state index is 10.3. The van der Waals surface area contributed by atoms with Gasteiger partial charge >= 0.3 is 0 Å². The molecule has 5 rings (SSSR count). The average Bonchev–Trinajstić information content (AvgIpc) is 3.08. The van der Waals surface area contributed by atoms with Gasteiger partial charge in [0.15, 0.2) is 0 Å². The summed E-state index contributed by atoms with van der Waals surface area (Å²) in [5.41, 5.74) is 4.65. The van der Waals surface area contributed by atoms with Crippen LogP contribution in [0.5, 0.6) is 0 Å². The standard InChI is InChI=1S/C20H27N2O.HI/c1-3-13-11-22(2)9-8-20-16-6-4-5-7-17(16)21-19(20)15(12-23)14(13)10-18(20)22;/h3-7,14-15,18-19,21,23H,8-12H2,1-2H3;1H/q+1;/p-1/b13-3+;/t14-,15+,18?,19?,20+,22?;/m0./s1. The van der Waals surface area contributed by atoms with Crippen LogP contribution in [0.15, 0.2) is 35.9 Å². The van der Waals surface area contributed by atoms with Crippen molar-refractivity contribution in [1.29, 1.82) is 0 Å². The van der Waals surface area contributed by atoms with Crippen molar-refractivity contribution in [2.24, 2.45) is 11.8 Å². The van der Waals surface area contributed by atoms with Crippen molar-refractivity contribution in [3.8, 4) is 0 Å². The molecule has 0 radical (unpaired) electrons. The third-order valence-electron chi connectivity index (χ3n) is 7.70. The number of allylic oxidation sites excluding steroid dienone is 1. The lowest BCUT2D eigenvalue weighted by Crippen LogP contribution is -3.00. The molecule has 6 atom stereocenters. The van der Waals surface area contributed by atoms with E-state index in [1.54, 1.807) is 5.57 Å². The molecule has 130 valence electrons. The SMILES string of the molecule is C/C=C1\C[N+]2(C)CC[C@]34c5ccccc5NC3[C@H](CO)[C@H]1CC42.[I-]. The lowest BCUT2D eigenvalue weighted by Gasteiger charge is -2.56. The monoisotopic (exact) mass is 438 g/mol. The first kappa shape index (κ1) is 16.9. The molecule has 1 spiro atoms. The summed E-state index contributed by atoms with van der Waals surface area (Å²) in [5.74, 6) is 0.899. The Morgan fingerprint density at radius 2 is 2.17 bits per heavy atom. The second-order valence-corrected chi connectivity index (χ2v) is 8.39. The molecule has 4 heteroatoms. The highest BCUT2D eigenvalue weighted by Gasteiger charge is 2.70. The van der Waals surface area contributed by atoms with Gasteiger partial charge in [-0.15, -0.1) is 0 Å². The van der Waals surface area contributed by atoms with Crippen LogP contribution in [-0.4, -0.2) is 48.4 Å². The normalized spacial score (nSPS) is 46.0. The van der Waals surface area contributed by atoms with E-state index in [0.717, 1.165) is 0 Å². The number of halogens is 1. The second-order valence-electron chi connectivity index (χ2n) is 8.39. The molecule has 3 fully saturated rings. The van der Waals surface area contributed by atoms with Crippen molar-refractivity contribution in [1.82, 2.24) is 0 Å². The minimum absolute atomic E-state index is 0. The number of fused-ring (bicyclic) bond motifs is 2. The summed E-state index contributed by atoms with van der Waals surface area (Å²) >= 11 is 0. The van der Waals surface area contributed by atoms with Gasteiger partial charge in [-0.3, -0.25) is 0 Å². The summed E-state index contributed by atoms with van der Waals surface area (Å²) in [6.45, 7) is 4.93. The number of hydrogen-bond acceptors (Lipinski definition) is 2. The zero-order valence-electron chi connectivity index (χ0n) is 14.5. The van der Waals surface area contributed by atoms with E-state index in [2.05, 4.69) is 49.6 Å². The van der Waals surface area contributed by atoms with Crippen molar-refractivity contribution < 1.29 is 33.6 Å². The third kappa shape index (κ3) is 1.80. The van der Waals surface area contributed by atoms with E-state index in [1.807, 2.05) is 0 Å². The van der Waals surface area contributed by atoms with Gasteiger partial charge in [0.25, 0.3) is 0 Å². The molecule has 3 unspecified atom stereocenters. The summed E-state index contributed by atoms with van der Waals surface area (Å²) in [6, 6.07) is 10.0. The Balaban J connectivity index is 0.00000146. The van der Waals surface area contributed by atoms with Crippen molar-refractivity contribution in [2.75, 3.05) is 32.1 Å². The van der Waals surface area contributed by atoms with Gasteiger partial charge in [0.05, 0.1) is 19.0 Å². The number of rotatable bonds is 1. The van der Waals surface area contributed by atoms with Crippen LogP contribution in [0.3, 0.4) is 0 Å². The Morgan fingerprint density at radius 3 is 2.92 bits per heavy atom. The van der Waals surface area contributed by atoms with Crippen LogP contribution in [0.1, 0.15) is 25.3 Å². The molecule has 1 aromatic rings. The maximum Gasteiger partial charge on any atom is 0.102 e. The number of hydrogen-bond donors (Lipinski definition) is 2. The highest BCUT2D eigenvalue weighted by atomic mass is 127. The van der Waals surface area contributed by atoms with Gasteiger partial charge in [0.2, 0.25) is 0 Å². The zero-order valence-corrected chi connectivity index (χ0v) is 16.7. The first-order chi connectivity index (χ1) is 11.1. The van der Waals surface area contributed by atoms with Crippen LogP contribution in [0, 0.1) is 11.8 Å². The third-order valence-corrected chi connectivity index (χ3v) is 7.70. The number of aliphatic hydroxyl groups is 1.